The van der Waals surface area contributed by atoms with Crippen molar-refractivity contribution in [1.29, 1.82) is 0 Å². The van der Waals surface area contributed by atoms with Crippen molar-refractivity contribution in [1.82, 2.24) is 20.6 Å². The predicted molar refractivity (Wildman–Crippen MR) is 57.0 cm³/mol. The van der Waals surface area contributed by atoms with Crippen LogP contribution in [0.3, 0.4) is 0 Å². The number of amides is 2. The number of carbonyl (C=O) groups is 2. The maximum Gasteiger partial charge on any atom is 0.338 e. The molecule has 0 bridgehead atoms. The normalized spacial score (nSPS) is 9.94. The van der Waals surface area contributed by atoms with Crippen LogP contribution in [0.4, 0.5) is 4.79 Å². The fourth-order valence-corrected chi connectivity index (χ4v) is 1.12. The zero-order chi connectivity index (χ0) is 12.7. The molecule has 94 valence electrons. The molecule has 1 aromatic rings. The molecule has 0 radical (unpaired) electrons. The second-order valence-corrected chi connectivity index (χ2v) is 3.31. The number of carboxylic acid groups (broad SMARTS) is 1. The van der Waals surface area contributed by atoms with Crippen molar-refractivity contribution in [2.24, 2.45) is 7.05 Å². The van der Waals surface area contributed by atoms with E-state index in [-0.39, 0.29) is 0 Å². The van der Waals surface area contributed by atoms with E-state index in [0.717, 1.165) is 5.56 Å². The number of aliphatic carboxylic acids is 1. The molecule has 8 heteroatoms. The Morgan fingerprint density at radius 3 is 2.94 bits per heavy atom. The Kier molecular flexibility index (Phi) is 4.95. The van der Waals surface area contributed by atoms with Crippen molar-refractivity contribution in [3.63, 3.8) is 0 Å². The van der Waals surface area contributed by atoms with Crippen molar-refractivity contribution in [2.45, 2.75) is 6.42 Å². The summed E-state index contributed by atoms with van der Waals surface area (Å²) in [4.78, 5) is 25.5. The molecule has 0 aliphatic rings. The Morgan fingerprint density at radius 2 is 2.35 bits per heavy atom. The van der Waals surface area contributed by atoms with E-state index in [2.05, 4.69) is 15.3 Å². The van der Waals surface area contributed by atoms with E-state index >= 15 is 0 Å². The molecule has 0 unspecified atom stereocenters. The van der Waals surface area contributed by atoms with Gasteiger partial charge >= 0.3 is 12.0 Å². The van der Waals surface area contributed by atoms with Crippen LogP contribution in [-0.2, 0) is 23.1 Å². The Hall–Kier alpha value is -2.09. The second-order valence-electron chi connectivity index (χ2n) is 3.31. The van der Waals surface area contributed by atoms with E-state index in [1.165, 1.54) is 0 Å². The van der Waals surface area contributed by atoms with Crippen LogP contribution in [0.15, 0.2) is 12.4 Å². The molecule has 1 heterocycles. The molecule has 17 heavy (non-hydrogen) atoms. The van der Waals surface area contributed by atoms with Crippen LogP contribution < -0.4 is 10.8 Å². The van der Waals surface area contributed by atoms with Crippen molar-refractivity contribution in [3.8, 4) is 0 Å². The Balaban J connectivity index is 2.10. The first-order chi connectivity index (χ1) is 8.08. The average molecular weight is 242 g/mol. The molecule has 3 N–H and O–H groups in total. The molecule has 0 aromatic carbocycles. The minimum absolute atomic E-state index is 0.411. The number of hydroxylamine groups is 1. The average Bonchev–Trinajstić information content (AvgIpc) is 2.63. The van der Waals surface area contributed by atoms with E-state index in [0.29, 0.717) is 13.0 Å². The van der Waals surface area contributed by atoms with Gasteiger partial charge in [0.15, 0.2) is 6.61 Å². The summed E-state index contributed by atoms with van der Waals surface area (Å²) in [6.07, 6.45) is 4.20. The van der Waals surface area contributed by atoms with Gasteiger partial charge in [-0.3, -0.25) is 9.52 Å². The van der Waals surface area contributed by atoms with E-state index in [9.17, 15) is 9.59 Å². The van der Waals surface area contributed by atoms with Gasteiger partial charge in [-0.05, 0) is 12.0 Å². The number of urea groups is 1. The molecule has 0 fully saturated rings. The number of aryl methyl sites for hydroxylation is 1. The first kappa shape index (κ1) is 13.0. The van der Waals surface area contributed by atoms with Gasteiger partial charge in [-0.2, -0.15) is 5.10 Å². The lowest BCUT2D eigenvalue weighted by Crippen LogP contribution is -2.37. The Labute approximate surface area is 97.5 Å². The number of nitrogens with zero attached hydrogens (tertiary/aromatic N) is 2. The van der Waals surface area contributed by atoms with Gasteiger partial charge < -0.3 is 10.4 Å². The third-order valence-corrected chi connectivity index (χ3v) is 1.82. The highest BCUT2D eigenvalue weighted by Gasteiger charge is 2.02. The topological polar surface area (TPSA) is 105 Å². The maximum absolute atomic E-state index is 11.1. The quantitative estimate of drug-likeness (QED) is 0.571. The fourth-order valence-electron chi connectivity index (χ4n) is 1.12. The molecule has 0 saturated carbocycles. The van der Waals surface area contributed by atoms with Crippen molar-refractivity contribution in [2.75, 3.05) is 13.2 Å². The molecular formula is C9H14N4O4. The number of nitrogens with one attached hydrogen (secondary N) is 2. The van der Waals surface area contributed by atoms with E-state index in [4.69, 9.17) is 5.11 Å². The molecule has 0 aliphatic heterocycles. The number of carbonyl (C=O) groups excluding carboxylic acids is 1. The van der Waals surface area contributed by atoms with Crippen LogP contribution in [0.2, 0.25) is 0 Å². The fraction of sp³-hybridized carbons (Fsp3) is 0.444. The summed E-state index contributed by atoms with van der Waals surface area (Å²) in [6.45, 7) is -0.163. The summed E-state index contributed by atoms with van der Waals surface area (Å²) in [7, 11) is 1.81. The molecule has 1 aromatic heterocycles. The summed E-state index contributed by atoms with van der Waals surface area (Å²) in [5.41, 5.74) is 2.95. The molecule has 0 spiro atoms. The molecule has 1 rings (SSSR count). The largest absolute Gasteiger partial charge is 0.479 e. The first-order valence-corrected chi connectivity index (χ1v) is 4.93. The van der Waals surface area contributed by atoms with Crippen LogP contribution >= 0.6 is 0 Å². The van der Waals surface area contributed by atoms with E-state index in [1.54, 1.807) is 10.9 Å². The monoisotopic (exact) mass is 242 g/mol. The van der Waals surface area contributed by atoms with Crippen LogP contribution in [0.5, 0.6) is 0 Å². The Morgan fingerprint density at radius 1 is 1.59 bits per heavy atom. The highest BCUT2D eigenvalue weighted by atomic mass is 16.7. The standard InChI is InChI=1S/C9H14N4O4/c1-13-5-7(4-11-13)2-3-10-9(16)12-17-6-8(14)15/h4-5H,2-3,6H2,1H3,(H,14,15)(H2,10,12,16). The molecule has 2 amide bonds. The zero-order valence-electron chi connectivity index (χ0n) is 9.34. The Bertz CT molecular complexity index is 390. The van der Waals surface area contributed by atoms with Crippen LogP contribution in [-0.4, -0.2) is 40.0 Å². The molecular weight excluding hydrogens is 228 g/mol. The van der Waals surface area contributed by atoms with Crippen LogP contribution in [0, 0.1) is 0 Å². The van der Waals surface area contributed by atoms with E-state index in [1.807, 2.05) is 18.7 Å². The number of aromatic nitrogens is 2. The SMILES string of the molecule is Cn1cc(CCNC(=O)NOCC(=O)O)cn1. The number of carboxylic acids is 1. The van der Waals surface area contributed by atoms with Crippen molar-refractivity contribution >= 4 is 12.0 Å². The molecule has 8 nitrogen and oxygen atoms in total. The van der Waals surface area contributed by atoms with Crippen LogP contribution in [0.25, 0.3) is 0 Å². The van der Waals surface area contributed by atoms with Gasteiger partial charge in [-0.15, -0.1) is 0 Å². The third-order valence-electron chi connectivity index (χ3n) is 1.82. The van der Waals surface area contributed by atoms with Crippen molar-refractivity contribution < 1.29 is 19.5 Å². The summed E-state index contributed by atoms with van der Waals surface area (Å²) < 4.78 is 1.67. The lowest BCUT2D eigenvalue weighted by Gasteiger charge is -2.05. The predicted octanol–water partition coefficient (Wildman–Crippen LogP) is -0.722. The zero-order valence-corrected chi connectivity index (χ0v) is 9.34. The number of hydrogen-bond acceptors (Lipinski definition) is 4. The van der Waals surface area contributed by atoms with Crippen LogP contribution in [0.1, 0.15) is 5.56 Å². The van der Waals surface area contributed by atoms with Gasteiger partial charge in [-0.1, -0.05) is 0 Å². The van der Waals surface area contributed by atoms with Gasteiger partial charge in [0.1, 0.15) is 0 Å². The van der Waals surface area contributed by atoms with Crippen molar-refractivity contribution in [3.05, 3.63) is 18.0 Å². The van der Waals surface area contributed by atoms with Gasteiger partial charge in [0.2, 0.25) is 0 Å². The molecule has 0 atom stereocenters. The lowest BCUT2D eigenvalue weighted by molar-refractivity contribution is -0.144. The third kappa shape index (κ3) is 5.52. The molecule has 0 aliphatic carbocycles. The van der Waals surface area contributed by atoms with Gasteiger partial charge in [0.25, 0.3) is 0 Å². The smallest absolute Gasteiger partial charge is 0.338 e. The second kappa shape index (κ2) is 6.48. The highest BCUT2D eigenvalue weighted by molar-refractivity contribution is 5.73. The lowest BCUT2D eigenvalue weighted by atomic mass is 10.2. The maximum atomic E-state index is 11.1. The molecule has 0 saturated heterocycles. The number of rotatable bonds is 6. The summed E-state index contributed by atoms with van der Waals surface area (Å²) in [5.74, 6) is -1.15. The summed E-state index contributed by atoms with van der Waals surface area (Å²) in [5, 5.41) is 14.7. The summed E-state index contributed by atoms with van der Waals surface area (Å²) >= 11 is 0. The van der Waals surface area contributed by atoms with Gasteiger partial charge in [0, 0.05) is 19.8 Å². The first-order valence-electron chi connectivity index (χ1n) is 4.93. The minimum atomic E-state index is -1.15. The van der Waals surface area contributed by atoms with Gasteiger partial charge in [0.05, 0.1) is 6.20 Å². The van der Waals surface area contributed by atoms with Gasteiger partial charge in [-0.25, -0.2) is 15.1 Å². The highest BCUT2D eigenvalue weighted by Crippen LogP contribution is 1.95. The summed E-state index contributed by atoms with van der Waals surface area (Å²) in [6, 6.07) is -0.574. The van der Waals surface area contributed by atoms with E-state index < -0.39 is 18.6 Å². The minimum Gasteiger partial charge on any atom is -0.479 e. The number of hydrogen-bond donors (Lipinski definition) is 3.